The van der Waals surface area contributed by atoms with Gasteiger partial charge in [0.05, 0.1) is 0 Å². The second-order valence-corrected chi connectivity index (χ2v) is 2.78. The molecule has 64 valence electrons. The predicted octanol–water partition coefficient (Wildman–Crippen LogP) is 2.67. The van der Waals surface area contributed by atoms with E-state index in [1.54, 1.807) is 12.1 Å². The topological polar surface area (TPSA) is 49.3 Å². The molecule has 0 saturated carbocycles. The SMILES string of the molecule is O=C(O)Nc1ccccc1CBr. The maximum Gasteiger partial charge on any atom is 0.409 e. The van der Waals surface area contributed by atoms with Crippen LogP contribution in [0, 0.1) is 0 Å². The molecule has 3 nitrogen and oxygen atoms in total. The molecule has 1 amide bonds. The molecule has 0 aliphatic rings. The number of amides is 1. The Morgan fingerprint density at radius 1 is 1.50 bits per heavy atom. The van der Waals surface area contributed by atoms with Gasteiger partial charge in [-0.1, -0.05) is 34.1 Å². The molecule has 4 heteroatoms. The lowest BCUT2D eigenvalue weighted by Crippen LogP contribution is -2.08. The fourth-order valence-electron chi connectivity index (χ4n) is 0.874. The van der Waals surface area contributed by atoms with Gasteiger partial charge in [0.2, 0.25) is 0 Å². The van der Waals surface area contributed by atoms with E-state index in [-0.39, 0.29) is 0 Å². The van der Waals surface area contributed by atoms with Crippen LogP contribution in [0.3, 0.4) is 0 Å². The molecule has 1 aromatic carbocycles. The average Bonchev–Trinajstić information content (AvgIpc) is 2.04. The van der Waals surface area contributed by atoms with E-state index >= 15 is 0 Å². The summed E-state index contributed by atoms with van der Waals surface area (Å²) >= 11 is 3.27. The van der Waals surface area contributed by atoms with Crippen LogP contribution in [0.15, 0.2) is 24.3 Å². The average molecular weight is 230 g/mol. The summed E-state index contributed by atoms with van der Waals surface area (Å²) in [6.45, 7) is 0. The Balaban J connectivity index is 2.89. The van der Waals surface area contributed by atoms with Crippen molar-refractivity contribution in [2.45, 2.75) is 5.33 Å². The first-order valence-corrected chi connectivity index (χ1v) is 4.50. The summed E-state index contributed by atoms with van der Waals surface area (Å²) in [4.78, 5) is 10.3. The fourth-order valence-corrected chi connectivity index (χ4v) is 1.36. The zero-order valence-electron chi connectivity index (χ0n) is 6.25. The van der Waals surface area contributed by atoms with Crippen LogP contribution in [-0.2, 0) is 5.33 Å². The van der Waals surface area contributed by atoms with Gasteiger partial charge in [-0.3, -0.25) is 5.32 Å². The van der Waals surface area contributed by atoms with E-state index in [9.17, 15) is 4.79 Å². The van der Waals surface area contributed by atoms with Gasteiger partial charge in [0.1, 0.15) is 0 Å². The number of anilines is 1. The Labute approximate surface area is 78.5 Å². The summed E-state index contributed by atoms with van der Waals surface area (Å²) in [7, 11) is 0. The van der Waals surface area contributed by atoms with Gasteiger partial charge in [-0.15, -0.1) is 0 Å². The maximum atomic E-state index is 10.3. The second-order valence-electron chi connectivity index (χ2n) is 2.22. The minimum Gasteiger partial charge on any atom is -0.465 e. The van der Waals surface area contributed by atoms with Crippen LogP contribution in [-0.4, -0.2) is 11.2 Å². The summed E-state index contributed by atoms with van der Waals surface area (Å²) in [5.41, 5.74) is 1.56. The van der Waals surface area contributed by atoms with Crippen LogP contribution in [0.2, 0.25) is 0 Å². The number of halogens is 1. The molecule has 0 saturated heterocycles. The Bertz CT molecular complexity index is 288. The Hall–Kier alpha value is -1.03. The molecule has 0 aromatic heterocycles. The molecular formula is C8H8BrNO2. The van der Waals surface area contributed by atoms with Crippen molar-refractivity contribution in [3.8, 4) is 0 Å². The standard InChI is InChI=1S/C8H8BrNO2/c9-5-6-3-1-2-4-7(6)10-8(11)12/h1-4,10H,5H2,(H,11,12). The lowest BCUT2D eigenvalue weighted by molar-refractivity contribution is 0.209. The highest BCUT2D eigenvalue weighted by molar-refractivity contribution is 9.08. The van der Waals surface area contributed by atoms with Crippen LogP contribution >= 0.6 is 15.9 Å². The summed E-state index contributed by atoms with van der Waals surface area (Å²) in [6.07, 6.45) is -1.04. The summed E-state index contributed by atoms with van der Waals surface area (Å²) in [5, 5.41) is 11.4. The first kappa shape index (κ1) is 9.06. The van der Waals surface area contributed by atoms with Crippen molar-refractivity contribution in [2.75, 3.05) is 5.32 Å². The minimum absolute atomic E-state index is 0.627. The largest absolute Gasteiger partial charge is 0.465 e. The van der Waals surface area contributed by atoms with Crippen LogP contribution < -0.4 is 5.32 Å². The molecule has 0 heterocycles. The van der Waals surface area contributed by atoms with Crippen LogP contribution in [0.5, 0.6) is 0 Å². The van der Waals surface area contributed by atoms with E-state index in [2.05, 4.69) is 21.2 Å². The molecule has 0 fully saturated rings. The van der Waals surface area contributed by atoms with Crippen molar-refractivity contribution in [3.63, 3.8) is 0 Å². The van der Waals surface area contributed by atoms with Crippen molar-refractivity contribution in [1.29, 1.82) is 0 Å². The molecule has 0 spiro atoms. The van der Waals surface area contributed by atoms with Gasteiger partial charge in [0, 0.05) is 11.0 Å². The van der Waals surface area contributed by atoms with Gasteiger partial charge in [-0.25, -0.2) is 4.79 Å². The Morgan fingerprint density at radius 2 is 2.17 bits per heavy atom. The van der Waals surface area contributed by atoms with E-state index in [0.717, 1.165) is 5.56 Å². The van der Waals surface area contributed by atoms with Gasteiger partial charge in [-0.2, -0.15) is 0 Å². The minimum atomic E-state index is -1.04. The number of benzene rings is 1. The van der Waals surface area contributed by atoms with Crippen molar-refractivity contribution >= 4 is 27.7 Å². The lowest BCUT2D eigenvalue weighted by atomic mass is 10.2. The number of hydrogen-bond acceptors (Lipinski definition) is 1. The number of carboxylic acid groups (broad SMARTS) is 1. The molecule has 0 radical (unpaired) electrons. The third-order valence-electron chi connectivity index (χ3n) is 1.40. The molecule has 1 rings (SSSR count). The van der Waals surface area contributed by atoms with E-state index in [1.165, 1.54) is 0 Å². The fraction of sp³-hybridized carbons (Fsp3) is 0.125. The predicted molar refractivity (Wildman–Crippen MR) is 50.7 cm³/mol. The van der Waals surface area contributed by atoms with Crippen molar-refractivity contribution < 1.29 is 9.90 Å². The molecule has 2 N–H and O–H groups in total. The van der Waals surface area contributed by atoms with Gasteiger partial charge in [-0.05, 0) is 11.6 Å². The smallest absolute Gasteiger partial charge is 0.409 e. The molecule has 0 aliphatic carbocycles. The zero-order valence-corrected chi connectivity index (χ0v) is 7.84. The number of nitrogens with one attached hydrogen (secondary N) is 1. The first-order valence-electron chi connectivity index (χ1n) is 3.38. The summed E-state index contributed by atoms with van der Waals surface area (Å²) in [5.74, 6) is 0. The number of hydrogen-bond donors (Lipinski definition) is 2. The third kappa shape index (κ3) is 2.23. The molecule has 0 unspecified atom stereocenters. The molecular weight excluding hydrogens is 222 g/mol. The highest BCUT2D eigenvalue weighted by Gasteiger charge is 2.01. The van der Waals surface area contributed by atoms with E-state index in [4.69, 9.17) is 5.11 Å². The monoisotopic (exact) mass is 229 g/mol. The lowest BCUT2D eigenvalue weighted by Gasteiger charge is -2.04. The number of rotatable bonds is 2. The Kier molecular flexibility index (Phi) is 3.10. The molecule has 0 aliphatic heterocycles. The molecule has 12 heavy (non-hydrogen) atoms. The summed E-state index contributed by atoms with van der Waals surface area (Å²) in [6, 6.07) is 7.24. The van der Waals surface area contributed by atoms with Gasteiger partial charge < -0.3 is 5.11 Å². The van der Waals surface area contributed by atoms with Crippen LogP contribution in [0.25, 0.3) is 0 Å². The first-order chi connectivity index (χ1) is 5.74. The number of carbonyl (C=O) groups is 1. The Morgan fingerprint density at radius 3 is 2.75 bits per heavy atom. The normalized spacial score (nSPS) is 9.42. The highest BCUT2D eigenvalue weighted by atomic mass is 79.9. The number of alkyl halides is 1. The second kappa shape index (κ2) is 4.11. The van der Waals surface area contributed by atoms with Gasteiger partial charge >= 0.3 is 6.09 Å². The third-order valence-corrected chi connectivity index (χ3v) is 2.01. The van der Waals surface area contributed by atoms with Crippen molar-refractivity contribution in [3.05, 3.63) is 29.8 Å². The van der Waals surface area contributed by atoms with Crippen molar-refractivity contribution in [2.24, 2.45) is 0 Å². The van der Waals surface area contributed by atoms with Crippen molar-refractivity contribution in [1.82, 2.24) is 0 Å². The molecule has 0 bridgehead atoms. The highest BCUT2D eigenvalue weighted by Crippen LogP contribution is 2.17. The number of para-hydroxylation sites is 1. The zero-order chi connectivity index (χ0) is 8.97. The van der Waals surface area contributed by atoms with Crippen LogP contribution in [0.4, 0.5) is 10.5 Å². The van der Waals surface area contributed by atoms with Crippen LogP contribution in [0.1, 0.15) is 5.56 Å². The molecule has 0 atom stereocenters. The van der Waals surface area contributed by atoms with Gasteiger partial charge in [0.15, 0.2) is 0 Å². The molecule has 1 aromatic rings. The van der Waals surface area contributed by atoms with Gasteiger partial charge in [0.25, 0.3) is 0 Å². The quantitative estimate of drug-likeness (QED) is 0.767. The summed E-state index contributed by atoms with van der Waals surface area (Å²) < 4.78 is 0. The van der Waals surface area contributed by atoms with E-state index < -0.39 is 6.09 Å². The van der Waals surface area contributed by atoms with E-state index in [0.29, 0.717) is 11.0 Å². The van der Waals surface area contributed by atoms with E-state index in [1.807, 2.05) is 12.1 Å². The maximum absolute atomic E-state index is 10.3.